The first-order chi connectivity index (χ1) is 24.5. The molecule has 0 spiro atoms. The molecule has 1 N–H and O–H groups in total. The second-order valence-electron chi connectivity index (χ2n) is 16.5. The van der Waals surface area contributed by atoms with Gasteiger partial charge in [-0.25, -0.2) is 0 Å². The fourth-order valence-corrected chi connectivity index (χ4v) is 9.79. The molecule has 6 rings (SSSR count). The van der Waals surface area contributed by atoms with Gasteiger partial charge in [-0.1, -0.05) is 117 Å². The molecule has 3 aromatic heterocycles. The van der Waals surface area contributed by atoms with E-state index in [1.54, 1.807) is 0 Å². The number of fused-ring (bicyclic) bond motifs is 6. The summed E-state index contributed by atoms with van der Waals surface area (Å²) >= 11 is 3.90. The van der Waals surface area contributed by atoms with Crippen LogP contribution in [0.4, 0.5) is 0 Å². The number of benzene rings is 3. The summed E-state index contributed by atoms with van der Waals surface area (Å²) in [7, 11) is 0. The molecule has 0 aliphatic carbocycles. The zero-order valence-electron chi connectivity index (χ0n) is 33.8. The summed E-state index contributed by atoms with van der Waals surface area (Å²) in [4.78, 5) is 18.7. The summed E-state index contributed by atoms with van der Waals surface area (Å²) in [5, 5.41) is 16.6. The van der Waals surface area contributed by atoms with Crippen LogP contribution in [0.2, 0.25) is 0 Å². The number of aliphatic hydroxyl groups excluding tert-OH is 1. The van der Waals surface area contributed by atoms with E-state index < -0.39 is 0 Å². The van der Waals surface area contributed by atoms with E-state index in [-0.39, 0.29) is 47.9 Å². The Balaban J connectivity index is 0.000000299. The normalized spacial score (nSPS) is 12.8. The summed E-state index contributed by atoms with van der Waals surface area (Å²) in [6, 6.07) is 21.5. The first-order valence-electron chi connectivity index (χ1n) is 19.1. The molecule has 53 heavy (non-hydrogen) atoms. The number of nitrogens with zero attached hydrogens (tertiary/aromatic N) is 1. The number of ketones is 1. The number of rotatable bonds is 10. The summed E-state index contributed by atoms with van der Waals surface area (Å²) in [6.07, 6.45) is 7.87. The van der Waals surface area contributed by atoms with Gasteiger partial charge in [-0.3, -0.25) is 9.78 Å². The first kappa shape index (κ1) is 42.8. The summed E-state index contributed by atoms with van der Waals surface area (Å²) in [5.74, 6) is 0.949. The van der Waals surface area contributed by atoms with E-state index in [1.807, 2.05) is 70.4 Å². The second kappa shape index (κ2) is 16.9. The molecule has 285 valence electrons. The molecule has 6 aromatic rings. The van der Waals surface area contributed by atoms with Crippen LogP contribution in [0.25, 0.3) is 52.3 Å². The maximum Gasteiger partial charge on any atom is 0.164 e. The third kappa shape index (κ3) is 8.52. The van der Waals surface area contributed by atoms with Gasteiger partial charge in [-0.15, -0.1) is 51.8 Å². The van der Waals surface area contributed by atoms with Gasteiger partial charge in [0.25, 0.3) is 0 Å². The SMILES string of the molecule is CCC(C)(CC)C(=O)/C=C(\O)C(C)(CC)CC.Cc1c(CC(C)C)sc2c1ccc1c2sc2ccnc(-c3[c-]c4ccccc4c(C(C)(C)C)c3)c21.[Ir]. The predicted molar refractivity (Wildman–Crippen MR) is 229 cm³/mol. The van der Waals surface area contributed by atoms with Crippen molar-refractivity contribution in [3.63, 3.8) is 0 Å². The van der Waals surface area contributed by atoms with Gasteiger partial charge in [0, 0.05) is 58.5 Å². The van der Waals surface area contributed by atoms with Crippen LogP contribution in [0.3, 0.4) is 0 Å². The average molecular weight is 925 g/mol. The van der Waals surface area contributed by atoms with E-state index >= 15 is 0 Å². The van der Waals surface area contributed by atoms with Crippen molar-refractivity contribution in [2.45, 2.75) is 121 Å². The molecule has 1 radical (unpaired) electrons. The molecular weight excluding hydrogens is 867 g/mol. The molecule has 0 aliphatic heterocycles. The van der Waals surface area contributed by atoms with Crippen molar-refractivity contribution >= 4 is 69.5 Å². The van der Waals surface area contributed by atoms with Crippen LogP contribution in [0.5, 0.6) is 0 Å². The number of carbonyl (C=O) groups is 1. The van der Waals surface area contributed by atoms with E-state index in [4.69, 9.17) is 4.98 Å². The number of aromatic nitrogens is 1. The van der Waals surface area contributed by atoms with E-state index in [9.17, 15) is 9.90 Å². The van der Waals surface area contributed by atoms with Crippen molar-refractivity contribution in [3.8, 4) is 11.3 Å². The first-order valence-corrected chi connectivity index (χ1v) is 20.8. The van der Waals surface area contributed by atoms with Gasteiger partial charge in [0.1, 0.15) is 5.76 Å². The topological polar surface area (TPSA) is 50.2 Å². The van der Waals surface area contributed by atoms with Crippen LogP contribution in [0.1, 0.15) is 118 Å². The zero-order valence-corrected chi connectivity index (χ0v) is 37.9. The Kier molecular flexibility index (Phi) is 13.6. The molecule has 3 nitrogen and oxygen atoms in total. The molecule has 3 aromatic carbocycles. The van der Waals surface area contributed by atoms with Crippen LogP contribution in [-0.4, -0.2) is 15.9 Å². The Bertz CT molecular complexity index is 2260. The molecule has 0 saturated carbocycles. The smallest absolute Gasteiger partial charge is 0.164 e. The van der Waals surface area contributed by atoms with Crippen LogP contribution in [0, 0.1) is 29.7 Å². The van der Waals surface area contributed by atoms with E-state index in [2.05, 4.69) is 96.1 Å². The maximum absolute atomic E-state index is 12.2. The van der Waals surface area contributed by atoms with E-state index in [0.29, 0.717) is 5.92 Å². The number of aryl methyl sites for hydroxylation is 1. The Labute approximate surface area is 339 Å². The third-order valence-electron chi connectivity index (χ3n) is 11.6. The zero-order chi connectivity index (χ0) is 38.2. The molecule has 0 amide bonds. The van der Waals surface area contributed by atoms with Gasteiger partial charge in [-0.05, 0) is 78.1 Å². The molecule has 0 aliphatic rings. The summed E-state index contributed by atoms with van der Waals surface area (Å²) < 4.78 is 4.13. The van der Waals surface area contributed by atoms with Gasteiger partial charge in [0.05, 0.1) is 9.40 Å². The van der Waals surface area contributed by atoms with Gasteiger partial charge in [0.15, 0.2) is 5.78 Å². The Hall–Kier alpha value is -2.89. The molecule has 0 saturated heterocycles. The Morgan fingerprint density at radius 1 is 0.849 bits per heavy atom. The van der Waals surface area contributed by atoms with Gasteiger partial charge in [0.2, 0.25) is 0 Å². The number of carbonyl (C=O) groups excluding carboxylic acids is 1. The maximum atomic E-state index is 12.2. The molecular formula is C47H58IrNO2S2-. The van der Waals surface area contributed by atoms with Gasteiger partial charge in [-0.2, -0.15) is 0 Å². The van der Waals surface area contributed by atoms with Crippen LogP contribution in [0.15, 0.2) is 66.6 Å². The molecule has 0 bridgehead atoms. The van der Waals surface area contributed by atoms with Crippen LogP contribution in [-0.2, 0) is 36.7 Å². The molecule has 3 heterocycles. The summed E-state index contributed by atoms with van der Waals surface area (Å²) in [5.41, 5.74) is 4.35. The van der Waals surface area contributed by atoms with Gasteiger partial charge < -0.3 is 5.11 Å². The Morgan fingerprint density at radius 2 is 1.45 bits per heavy atom. The largest absolute Gasteiger partial charge is 0.512 e. The van der Waals surface area contributed by atoms with Crippen LogP contribution >= 0.6 is 22.7 Å². The van der Waals surface area contributed by atoms with Crippen molar-refractivity contribution in [2.75, 3.05) is 0 Å². The third-order valence-corrected chi connectivity index (χ3v) is 14.3. The number of allylic oxidation sites excluding steroid dienone is 2. The quantitative estimate of drug-likeness (QED) is 0.0846. The minimum atomic E-state index is -0.337. The number of hydrogen-bond donors (Lipinski definition) is 1. The van der Waals surface area contributed by atoms with Crippen molar-refractivity contribution < 1.29 is 30.0 Å². The molecule has 0 atom stereocenters. The number of aliphatic hydroxyl groups is 1. The van der Waals surface area contributed by atoms with E-state index in [1.165, 1.54) is 57.7 Å². The number of hydrogen-bond acceptors (Lipinski definition) is 5. The standard InChI is InChI=1S/C32H30NS2.C15H28O2.Ir/c1-18(2)15-27-19(3)22-11-12-24-28-26(34-31(24)30(22)35-27)13-14-33-29(28)21-16-20-9-7-8-10-23(20)25(17-21)32(4,5)6;1-7-14(5,8-2)12(16)11-13(17)15(6,9-3)10-4;/h7-14,17-18H,15H2,1-6H3;11,16H,7-10H2,1-6H3;/q-1;;/b;12-11-;. The molecule has 0 fully saturated rings. The molecule has 6 heteroatoms. The van der Waals surface area contributed by atoms with Crippen molar-refractivity contribution in [1.82, 2.24) is 4.98 Å². The summed E-state index contributed by atoms with van der Waals surface area (Å²) in [6.45, 7) is 25.9. The average Bonchev–Trinajstić information content (AvgIpc) is 3.66. The monoisotopic (exact) mass is 925 g/mol. The van der Waals surface area contributed by atoms with E-state index in [0.717, 1.165) is 48.7 Å². The molecule has 0 unspecified atom stereocenters. The van der Waals surface area contributed by atoms with Crippen molar-refractivity contribution in [2.24, 2.45) is 16.7 Å². The minimum absolute atomic E-state index is 0. The van der Waals surface area contributed by atoms with Gasteiger partial charge >= 0.3 is 0 Å². The fourth-order valence-electron chi connectivity index (χ4n) is 6.94. The second-order valence-corrected chi connectivity index (χ2v) is 18.7. The van der Waals surface area contributed by atoms with Crippen LogP contribution < -0.4 is 0 Å². The fraction of sp³-hybridized carbons (Fsp3) is 0.447. The van der Waals surface area contributed by atoms with Crippen molar-refractivity contribution in [1.29, 1.82) is 0 Å². The number of pyridine rings is 1. The van der Waals surface area contributed by atoms with Crippen molar-refractivity contribution in [3.05, 3.63) is 88.6 Å². The predicted octanol–water partition coefficient (Wildman–Crippen LogP) is 14.7. The number of thiophene rings is 2. The minimum Gasteiger partial charge on any atom is -0.512 e. The Morgan fingerprint density at radius 3 is 2.06 bits per heavy atom.